The molecule has 21 heavy (non-hydrogen) atoms. The summed E-state index contributed by atoms with van der Waals surface area (Å²) in [6.45, 7) is 3.90. The number of thioether (sulfide) groups is 1. The van der Waals surface area contributed by atoms with Crippen molar-refractivity contribution in [2.45, 2.75) is 43.5 Å². The lowest BCUT2D eigenvalue weighted by molar-refractivity contribution is -0.136. The summed E-state index contributed by atoms with van der Waals surface area (Å²) in [7, 11) is 0. The number of hydrogen-bond acceptors (Lipinski definition) is 4. The Morgan fingerprint density at radius 2 is 2.38 bits per heavy atom. The Bertz CT molecular complexity index is 488. The lowest BCUT2D eigenvalue weighted by Gasteiger charge is -2.47. The summed E-state index contributed by atoms with van der Waals surface area (Å²) in [6.07, 6.45) is 5.78. The summed E-state index contributed by atoms with van der Waals surface area (Å²) in [4.78, 5) is 18.2. The molecule has 1 atom stereocenters. The Kier molecular flexibility index (Phi) is 4.38. The van der Waals surface area contributed by atoms with Crippen LogP contribution in [0.2, 0.25) is 0 Å². The van der Waals surface area contributed by atoms with Crippen LogP contribution in [-0.4, -0.2) is 45.5 Å². The molecule has 0 N–H and O–H groups in total. The van der Waals surface area contributed by atoms with Gasteiger partial charge in [-0.1, -0.05) is 19.4 Å². The molecule has 0 aromatic carbocycles. The van der Waals surface area contributed by atoms with E-state index in [1.54, 1.807) is 6.20 Å². The second-order valence-electron chi connectivity index (χ2n) is 5.96. The Balaban J connectivity index is 1.47. The maximum atomic E-state index is 12.0. The fraction of sp³-hybridized carbons (Fsp3) is 0.625. The molecule has 2 aliphatic rings. The Labute approximate surface area is 130 Å². The Morgan fingerprint density at radius 3 is 3.10 bits per heavy atom. The van der Waals surface area contributed by atoms with Crippen molar-refractivity contribution in [2.75, 3.05) is 18.8 Å². The first-order valence-electron chi connectivity index (χ1n) is 7.70. The number of unbranched alkanes of at least 4 members (excludes halogenated alkanes) is 1. The van der Waals surface area contributed by atoms with Crippen molar-refractivity contribution in [3.05, 3.63) is 24.4 Å². The van der Waals surface area contributed by atoms with Gasteiger partial charge in [0, 0.05) is 43.9 Å². The molecule has 2 aliphatic heterocycles. The predicted octanol–water partition coefficient (Wildman–Crippen LogP) is 2.74. The summed E-state index contributed by atoms with van der Waals surface area (Å²) in [6, 6.07) is 5.73. The van der Waals surface area contributed by atoms with Crippen molar-refractivity contribution in [3.63, 3.8) is 0 Å². The highest BCUT2D eigenvalue weighted by Crippen LogP contribution is 2.46. The van der Waals surface area contributed by atoms with E-state index in [0.29, 0.717) is 18.2 Å². The van der Waals surface area contributed by atoms with Crippen molar-refractivity contribution >= 4 is 17.7 Å². The molecular formula is C16H22N2O2S. The number of carbonyl (C=O) groups is 1. The van der Waals surface area contributed by atoms with Crippen LogP contribution in [0, 0.1) is 0 Å². The first-order valence-corrected chi connectivity index (χ1v) is 8.69. The summed E-state index contributed by atoms with van der Waals surface area (Å²) in [5.74, 6) is 2.01. The fourth-order valence-corrected chi connectivity index (χ4v) is 4.52. The van der Waals surface area contributed by atoms with Gasteiger partial charge in [0.25, 0.3) is 0 Å². The van der Waals surface area contributed by atoms with Crippen LogP contribution in [0.5, 0.6) is 5.88 Å². The minimum absolute atomic E-state index is 0.220. The third kappa shape index (κ3) is 3.34. The smallest absolute Gasteiger partial charge is 0.222 e. The number of nitrogens with zero attached hydrogens (tertiary/aromatic N) is 2. The van der Waals surface area contributed by atoms with Gasteiger partial charge in [-0.2, -0.15) is 0 Å². The molecular weight excluding hydrogens is 284 g/mol. The third-order valence-electron chi connectivity index (χ3n) is 4.16. The molecule has 0 aliphatic carbocycles. The van der Waals surface area contributed by atoms with Gasteiger partial charge in [0.05, 0.1) is 4.75 Å². The zero-order chi connectivity index (χ0) is 14.7. The maximum Gasteiger partial charge on any atom is 0.222 e. The summed E-state index contributed by atoms with van der Waals surface area (Å²) >= 11 is 1.96. The molecule has 0 radical (unpaired) electrons. The molecule has 0 saturated carbocycles. The van der Waals surface area contributed by atoms with E-state index in [1.165, 1.54) is 0 Å². The van der Waals surface area contributed by atoms with Crippen molar-refractivity contribution in [2.24, 2.45) is 0 Å². The molecule has 2 fully saturated rings. The summed E-state index contributed by atoms with van der Waals surface area (Å²) < 4.78 is 6.17. The van der Waals surface area contributed by atoms with E-state index in [1.807, 2.05) is 34.9 Å². The van der Waals surface area contributed by atoms with Gasteiger partial charge in [-0.3, -0.25) is 4.79 Å². The fourth-order valence-electron chi connectivity index (χ4n) is 3.00. The quantitative estimate of drug-likeness (QED) is 0.839. The zero-order valence-corrected chi connectivity index (χ0v) is 13.3. The van der Waals surface area contributed by atoms with Crippen molar-refractivity contribution < 1.29 is 9.53 Å². The lowest BCUT2D eigenvalue weighted by Crippen LogP contribution is -2.60. The van der Waals surface area contributed by atoms with Crippen LogP contribution >= 0.6 is 11.8 Å². The molecule has 1 aromatic heterocycles. The van der Waals surface area contributed by atoms with Crippen LogP contribution in [-0.2, 0) is 4.79 Å². The number of likely N-dealkylation sites (tertiary alicyclic amines) is 1. The minimum atomic E-state index is 0.220. The van der Waals surface area contributed by atoms with Gasteiger partial charge < -0.3 is 9.64 Å². The summed E-state index contributed by atoms with van der Waals surface area (Å²) in [5.41, 5.74) is 0. The number of amides is 1. The highest BCUT2D eigenvalue weighted by molar-refractivity contribution is 8.01. The van der Waals surface area contributed by atoms with E-state index in [4.69, 9.17) is 4.74 Å². The van der Waals surface area contributed by atoms with Gasteiger partial charge in [-0.25, -0.2) is 4.98 Å². The van der Waals surface area contributed by atoms with E-state index < -0.39 is 0 Å². The van der Waals surface area contributed by atoms with Crippen LogP contribution in [0.15, 0.2) is 24.4 Å². The van der Waals surface area contributed by atoms with E-state index in [2.05, 4.69) is 11.9 Å². The van der Waals surface area contributed by atoms with Gasteiger partial charge in [0.15, 0.2) is 0 Å². The standard InChI is InChI=1S/C16H22N2O2S/c1-2-3-7-15(19)18-11-16(12-18)9-13(10-21-16)20-14-6-4-5-8-17-14/h4-6,8,13H,2-3,7,9-12H2,1H3/t13-/m1/s1. The van der Waals surface area contributed by atoms with Gasteiger partial charge >= 0.3 is 0 Å². The molecule has 114 valence electrons. The van der Waals surface area contributed by atoms with Gasteiger partial charge in [0.2, 0.25) is 11.8 Å². The van der Waals surface area contributed by atoms with Crippen LogP contribution in [0.25, 0.3) is 0 Å². The largest absolute Gasteiger partial charge is 0.473 e. The van der Waals surface area contributed by atoms with E-state index >= 15 is 0 Å². The molecule has 4 nitrogen and oxygen atoms in total. The van der Waals surface area contributed by atoms with Crippen molar-refractivity contribution in [1.82, 2.24) is 9.88 Å². The first-order chi connectivity index (χ1) is 10.2. The van der Waals surface area contributed by atoms with Crippen molar-refractivity contribution in [3.8, 4) is 5.88 Å². The van der Waals surface area contributed by atoms with Gasteiger partial charge in [-0.05, 0) is 12.5 Å². The average Bonchev–Trinajstić information content (AvgIpc) is 2.88. The lowest BCUT2D eigenvalue weighted by atomic mass is 9.92. The Hall–Kier alpha value is -1.23. The topological polar surface area (TPSA) is 42.4 Å². The van der Waals surface area contributed by atoms with Crippen LogP contribution in [0.4, 0.5) is 0 Å². The monoisotopic (exact) mass is 306 g/mol. The molecule has 0 bridgehead atoms. The van der Waals surface area contributed by atoms with E-state index in [9.17, 15) is 4.79 Å². The summed E-state index contributed by atoms with van der Waals surface area (Å²) in [5, 5.41) is 0. The maximum absolute atomic E-state index is 12.0. The highest BCUT2D eigenvalue weighted by Gasteiger charge is 2.51. The molecule has 0 unspecified atom stereocenters. The second kappa shape index (κ2) is 6.26. The number of rotatable bonds is 5. The van der Waals surface area contributed by atoms with Gasteiger partial charge in [0.1, 0.15) is 6.10 Å². The third-order valence-corrected chi connectivity index (χ3v) is 5.73. The normalized spacial score (nSPS) is 23.1. The number of aromatic nitrogens is 1. The van der Waals surface area contributed by atoms with Crippen LogP contribution in [0.1, 0.15) is 32.6 Å². The van der Waals surface area contributed by atoms with Gasteiger partial charge in [-0.15, -0.1) is 11.8 Å². The first kappa shape index (κ1) is 14.7. The number of hydrogen-bond donors (Lipinski definition) is 0. The highest BCUT2D eigenvalue weighted by atomic mass is 32.2. The Morgan fingerprint density at radius 1 is 1.52 bits per heavy atom. The predicted molar refractivity (Wildman–Crippen MR) is 84.6 cm³/mol. The molecule has 3 heterocycles. The van der Waals surface area contributed by atoms with Crippen molar-refractivity contribution in [1.29, 1.82) is 0 Å². The molecule has 3 rings (SSSR count). The minimum Gasteiger partial charge on any atom is -0.473 e. The molecule has 1 spiro atoms. The molecule has 1 amide bonds. The number of carbonyl (C=O) groups excluding carboxylic acids is 1. The number of pyridine rings is 1. The average molecular weight is 306 g/mol. The zero-order valence-electron chi connectivity index (χ0n) is 12.5. The van der Waals surface area contributed by atoms with Crippen LogP contribution in [0.3, 0.4) is 0 Å². The number of ether oxygens (including phenoxy) is 1. The molecule has 2 saturated heterocycles. The SMILES string of the molecule is CCCCC(=O)N1CC2(C[C@@H](Oc3ccccn3)CS2)C1. The molecule has 1 aromatic rings. The molecule has 5 heteroatoms. The van der Waals surface area contributed by atoms with E-state index in [0.717, 1.165) is 38.1 Å². The van der Waals surface area contributed by atoms with E-state index in [-0.39, 0.29) is 10.9 Å². The van der Waals surface area contributed by atoms with Crippen LogP contribution < -0.4 is 4.74 Å². The second-order valence-corrected chi connectivity index (χ2v) is 7.45.